The third kappa shape index (κ3) is 3.19. The normalized spacial score (nSPS) is 11.3. The van der Waals surface area contributed by atoms with Gasteiger partial charge in [0, 0.05) is 32.7 Å². The molecule has 0 unspecified atom stereocenters. The molecule has 0 aliphatic carbocycles. The van der Waals surface area contributed by atoms with Crippen LogP contribution in [0.15, 0.2) is 47.1 Å². The molecule has 1 heterocycles. The van der Waals surface area contributed by atoms with Gasteiger partial charge in [-0.15, -0.1) is 0 Å². The minimum absolute atomic E-state index is 0.107. The number of aromatic amines is 1. The second-order valence-electron chi connectivity index (χ2n) is 5.55. The molecule has 0 saturated carbocycles. The predicted octanol–water partition coefficient (Wildman–Crippen LogP) is 4.75. The lowest BCUT2D eigenvalue weighted by atomic mass is 9.95. The van der Waals surface area contributed by atoms with Crippen LogP contribution in [-0.2, 0) is 12.8 Å². The van der Waals surface area contributed by atoms with Crippen molar-refractivity contribution in [1.82, 2.24) is 4.98 Å². The molecule has 0 bridgehead atoms. The zero-order valence-electron chi connectivity index (χ0n) is 12.7. The molecule has 3 aromatic rings. The van der Waals surface area contributed by atoms with Crippen LogP contribution in [0.2, 0.25) is 0 Å². The number of primary amides is 1. The summed E-state index contributed by atoms with van der Waals surface area (Å²) in [6.45, 7) is 0. The fraction of sp³-hybridized carbons (Fsp3) is 0.167. The maximum atomic E-state index is 13.4. The van der Waals surface area contributed by atoms with Crippen molar-refractivity contribution in [2.24, 2.45) is 5.73 Å². The van der Waals surface area contributed by atoms with E-state index in [-0.39, 0.29) is 11.1 Å². The van der Waals surface area contributed by atoms with Crippen LogP contribution in [0.3, 0.4) is 0 Å². The van der Waals surface area contributed by atoms with Gasteiger partial charge in [0.25, 0.3) is 6.43 Å². The van der Waals surface area contributed by atoms with Crippen molar-refractivity contribution in [3.05, 3.63) is 69.3 Å². The zero-order chi connectivity index (χ0) is 17.3. The Bertz CT molecular complexity index is 905. The quantitative estimate of drug-likeness (QED) is 0.646. The lowest BCUT2D eigenvalue weighted by Crippen LogP contribution is -2.15. The van der Waals surface area contributed by atoms with Gasteiger partial charge < -0.3 is 10.7 Å². The van der Waals surface area contributed by atoms with Gasteiger partial charge in [-0.05, 0) is 48.2 Å². The Morgan fingerprint density at radius 3 is 2.62 bits per heavy atom. The number of alkyl halides is 2. The maximum absolute atomic E-state index is 13.4. The first kappa shape index (κ1) is 16.6. The minimum atomic E-state index is -2.74. The Morgan fingerprint density at radius 1 is 1.17 bits per heavy atom. The van der Waals surface area contributed by atoms with Crippen molar-refractivity contribution in [2.45, 2.75) is 19.3 Å². The minimum Gasteiger partial charge on any atom is -0.366 e. The fourth-order valence-corrected chi connectivity index (χ4v) is 3.29. The molecule has 0 fully saturated rings. The number of nitrogens with one attached hydrogen (secondary N) is 1. The molecule has 3 nitrogen and oxygen atoms in total. The lowest BCUT2D eigenvalue weighted by molar-refractivity contribution is 0.0985. The van der Waals surface area contributed by atoms with E-state index < -0.39 is 12.3 Å². The molecular weight excluding hydrogens is 378 g/mol. The molecule has 0 radical (unpaired) electrons. The topological polar surface area (TPSA) is 58.9 Å². The van der Waals surface area contributed by atoms with Crippen LogP contribution in [0.5, 0.6) is 0 Å². The third-order valence-electron chi connectivity index (χ3n) is 4.07. The lowest BCUT2D eigenvalue weighted by Gasteiger charge is -2.12. The van der Waals surface area contributed by atoms with E-state index in [0.29, 0.717) is 18.4 Å². The standard InChI is InChI=1S/C18H15BrF2N2O/c19-12-6-7-15-14(8-12)11(9-23-15)5-4-10-2-1-3-13(18(22)24)16(10)17(20)21/h1-3,6-9,17,23H,4-5H2,(H2,22,24). The van der Waals surface area contributed by atoms with Gasteiger partial charge in [0.05, 0.1) is 0 Å². The van der Waals surface area contributed by atoms with Crippen molar-refractivity contribution in [3.8, 4) is 0 Å². The first-order valence-electron chi connectivity index (χ1n) is 7.42. The number of carbonyl (C=O) groups excluding carboxylic acids is 1. The van der Waals surface area contributed by atoms with Crippen LogP contribution in [0, 0.1) is 0 Å². The summed E-state index contributed by atoms with van der Waals surface area (Å²) < 4.78 is 27.8. The Balaban J connectivity index is 1.92. The van der Waals surface area contributed by atoms with E-state index in [0.717, 1.165) is 20.9 Å². The number of benzene rings is 2. The Kier molecular flexibility index (Phi) is 4.66. The summed E-state index contributed by atoms with van der Waals surface area (Å²) >= 11 is 3.44. The van der Waals surface area contributed by atoms with Crippen LogP contribution < -0.4 is 5.73 Å². The van der Waals surface area contributed by atoms with Crippen LogP contribution in [0.25, 0.3) is 10.9 Å². The molecule has 0 saturated heterocycles. The molecule has 124 valence electrons. The molecule has 2 aromatic carbocycles. The van der Waals surface area contributed by atoms with Gasteiger partial charge in [-0.25, -0.2) is 8.78 Å². The smallest absolute Gasteiger partial charge is 0.264 e. The summed E-state index contributed by atoms with van der Waals surface area (Å²) in [5.74, 6) is -0.830. The highest BCUT2D eigenvalue weighted by molar-refractivity contribution is 9.10. The van der Waals surface area contributed by atoms with Gasteiger partial charge in [0.15, 0.2) is 0 Å². The molecule has 3 rings (SSSR count). The molecule has 3 N–H and O–H groups in total. The van der Waals surface area contributed by atoms with Gasteiger partial charge >= 0.3 is 0 Å². The molecule has 0 aliphatic rings. The fourth-order valence-electron chi connectivity index (χ4n) is 2.93. The number of fused-ring (bicyclic) bond motifs is 1. The number of amides is 1. The van der Waals surface area contributed by atoms with E-state index in [1.807, 2.05) is 24.4 Å². The number of halogens is 3. The molecule has 6 heteroatoms. The zero-order valence-corrected chi connectivity index (χ0v) is 14.2. The average molecular weight is 393 g/mol. The first-order valence-corrected chi connectivity index (χ1v) is 8.22. The average Bonchev–Trinajstić information content (AvgIpc) is 2.94. The monoisotopic (exact) mass is 392 g/mol. The first-order chi connectivity index (χ1) is 11.5. The molecule has 0 spiro atoms. The predicted molar refractivity (Wildman–Crippen MR) is 93.3 cm³/mol. The van der Waals surface area contributed by atoms with Gasteiger partial charge in [-0.3, -0.25) is 4.79 Å². The Morgan fingerprint density at radius 2 is 1.92 bits per heavy atom. The molecule has 0 atom stereocenters. The second kappa shape index (κ2) is 6.73. The highest BCUT2D eigenvalue weighted by Gasteiger charge is 2.20. The number of aromatic nitrogens is 1. The summed E-state index contributed by atoms with van der Waals surface area (Å²) in [6, 6.07) is 10.5. The number of nitrogens with two attached hydrogens (primary N) is 1. The summed E-state index contributed by atoms with van der Waals surface area (Å²) in [5.41, 5.74) is 7.34. The molecule has 1 aromatic heterocycles. The summed E-state index contributed by atoms with van der Waals surface area (Å²) in [4.78, 5) is 14.6. The second-order valence-corrected chi connectivity index (χ2v) is 6.46. The molecule has 24 heavy (non-hydrogen) atoms. The summed E-state index contributed by atoms with van der Waals surface area (Å²) in [5, 5.41) is 1.05. The number of rotatable bonds is 5. The van der Waals surface area contributed by atoms with Gasteiger partial charge in [0.1, 0.15) is 0 Å². The number of aryl methyl sites for hydroxylation is 2. The van der Waals surface area contributed by atoms with Crippen LogP contribution in [-0.4, -0.2) is 10.9 Å². The van der Waals surface area contributed by atoms with Crippen LogP contribution in [0.4, 0.5) is 8.78 Å². The number of hydrogen-bond acceptors (Lipinski definition) is 1. The Hall–Kier alpha value is -2.21. The Labute approximate surface area is 146 Å². The number of H-pyrrole nitrogens is 1. The molecular formula is C18H15BrF2N2O. The number of carbonyl (C=O) groups is 1. The SMILES string of the molecule is NC(=O)c1cccc(CCc2c[nH]c3ccc(Br)cc23)c1C(F)F. The van der Waals surface area contributed by atoms with E-state index >= 15 is 0 Å². The van der Waals surface area contributed by atoms with Crippen molar-refractivity contribution >= 4 is 32.7 Å². The molecule has 0 aliphatic heterocycles. The van der Waals surface area contributed by atoms with Crippen molar-refractivity contribution in [3.63, 3.8) is 0 Å². The highest BCUT2D eigenvalue weighted by Crippen LogP contribution is 2.29. The van der Waals surface area contributed by atoms with Gasteiger partial charge in [-0.1, -0.05) is 28.1 Å². The van der Waals surface area contributed by atoms with Crippen molar-refractivity contribution < 1.29 is 13.6 Å². The van der Waals surface area contributed by atoms with Gasteiger partial charge in [0.2, 0.25) is 5.91 Å². The third-order valence-corrected chi connectivity index (χ3v) is 4.57. The van der Waals surface area contributed by atoms with Crippen molar-refractivity contribution in [1.29, 1.82) is 0 Å². The maximum Gasteiger partial charge on any atom is 0.264 e. The van der Waals surface area contributed by atoms with E-state index in [1.165, 1.54) is 6.07 Å². The van der Waals surface area contributed by atoms with Crippen LogP contribution >= 0.6 is 15.9 Å². The highest BCUT2D eigenvalue weighted by atomic mass is 79.9. The summed E-state index contributed by atoms with van der Waals surface area (Å²) in [7, 11) is 0. The summed E-state index contributed by atoms with van der Waals surface area (Å²) in [6.07, 6.45) is 0.135. The van der Waals surface area contributed by atoms with E-state index in [2.05, 4.69) is 20.9 Å². The molecule has 1 amide bonds. The van der Waals surface area contributed by atoms with E-state index in [9.17, 15) is 13.6 Å². The largest absolute Gasteiger partial charge is 0.366 e. The van der Waals surface area contributed by atoms with Gasteiger partial charge in [-0.2, -0.15) is 0 Å². The van der Waals surface area contributed by atoms with E-state index in [1.54, 1.807) is 12.1 Å². The van der Waals surface area contributed by atoms with Crippen molar-refractivity contribution in [2.75, 3.05) is 0 Å². The van der Waals surface area contributed by atoms with Crippen LogP contribution in [0.1, 0.15) is 33.5 Å². The van der Waals surface area contributed by atoms with E-state index in [4.69, 9.17) is 5.73 Å². The number of hydrogen-bond donors (Lipinski definition) is 2.